The van der Waals surface area contributed by atoms with Gasteiger partial charge in [-0.05, 0) is 24.6 Å². The predicted molar refractivity (Wildman–Crippen MR) is 91.5 cm³/mol. The minimum atomic E-state index is -0.0557. The molecule has 2 unspecified atom stereocenters. The maximum atomic E-state index is 12.5. The molecule has 0 bridgehead atoms. The molecule has 1 amide bonds. The van der Waals surface area contributed by atoms with Crippen LogP contribution in [-0.2, 0) is 4.79 Å². The molecule has 4 rings (SSSR count). The molecule has 1 fully saturated rings. The molecule has 25 heavy (non-hydrogen) atoms. The lowest BCUT2D eigenvalue weighted by Gasteiger charge is -2.25. The van der Waals surface area contributed by atoms with Crippen molar-refractivity contribution in [1.82, 2.24) is 20.0 Å². The monoisotopic (exact) mass is 334 g/mol. The fourth-order valence-corrected chi connectivity index (χ4v) is 3.18. The minimum absolute atomic E-state index is 0.0286. The summed E-state index contributed by atoms with van der Waals surface area (Å²) < 4.78 is 5.33. The number of carbonyl (C=O) groups excluding carboxylic acids is 1. The Bertz CT molecular complexity index is 863. The molecule has 3 heterocycles. The fraction of sp³-hybridized carbons (Fsp3) is 0.263. The average Bonchev–Trinajstić information content (AvgIpc) is 3.29. The van der Waals surface area contributed by atoms with Gasteiger partial charge in [0.2, 0.25) is 5.91 Å². The van der Waals surface area contributed by atoms with E-state index in [1.165, 1.54) is 0 Å². The second-order valence-electron chi connectivity index (χ2n) is 6.21. The number of carbonyl (C=O) groups is 1. The highest BCUT2D eigenvalue weighted by Crippen LogP contribution is 2.33. The summed E-state index contributed by atoms with van der Waals surface area (Å²) in [4.78, 5) is 23.0. The lowest BCUT2D eigenvalue weighted by molar-refractivity contribution is -0.129. The first-order valence-electron chi connectivity index (χ1n) is 8.32. The number of hydrogen-bond acceptors (Lipinski definition) is 5. The summed E-state index contributed by atoms with van der Waals surface area (Å²) in [5.74, 6) is 1.01. The molecule has 0 saturated carbocycles. The molecule has 0 radical (unpaired) electrons. The molecular weight excluding hydrogens is 316 g/mol. The van der Waals surface area contributed by atoms with Gasteiger partial charge in [0.15, 0.2) is 5.82 Å². The molecule has 6 heteroatoms. The summed E-state index contributed by atoms with van der Waals surface area (Å²) in [5.41, 5.74) is 1.76. The Kier molecular flexibility index (Phi) is 4.01. The second-order valence-corrected chi connectivity index (χ2v) is 6.21. The maximum absolute atomic E-state index is 12.5. The molecule has 0 aliphatic carbocycles. The molecule has 1 aliphatic heterocycles. The zero-order valence-corrected chi connectivity index (χ0v) is 13.9. The van der Waals surface area contributed by atoms with E-state index in [0.29, 0.717) is 30.4 Å². The van der Waals surface area contributed by atoms with Crippen LogP contribution in [0, 0.1) is 0 Å². The van der Waals surface area contributed by atoms with Gasteiger partial charge < -0.3 is 9.42 Å². The summed E-state index contributed by atoms with van der Waals surface area (Å²) in [6, 6.07) is 15.6. The molecule has 2 aromatic heterocycles. The van der Waals surface area contributed by atoms with Gasteiger partial charge in [-0.25, -0.2) is 0 Å². The summed E-state index contributed by atoms with van der Waals surface area (Å²) in [6.45, 7) is 2.64. The maximum Gasteiger partial charge on any atom is 0.276 e. The highest BCUT2D eigenvalue weighted by atomic mass is 16.5. The van der Waals surface area contributed by atoms with Crippen molar-refractivity contribution in [3.63, 3.8) is 0 Å². The number of benzene rings is 1. The van der Waals surface area contributed by atoms with E-state index in [0.717, 1.165) is 5.56 Å². The van der Waals surface area contributed by atoms with Crippen molar-refractivity contribution >= 4 is 5.91 Å². The van der Waals surface area contributed by atoms with Gasteiger partial charge in [-0.2, -0.15) is 4.98 Å². The lowest BCUT2D eigenvalue weighted by atomic mass is 10.1. The topological polar surface area (TPSA) is 72.1 Å². The zero-order chi connectivity index (χ0) is 17.2. The van der Waals surface area contributed by atoms with E-state index in [9.17, 15) is 4.79 Å². The van der Waals surface area contributed by atoms with E-state index in [1.54, 1.807) is 6.20 Å². The van der Waals surface area contributed by atoms with E-state index in [4.69, 9.17) is 4.52 Å². The average molecular weight is 334 g/mol. The van der Waals surface area contributed by atoms with Crippen LogP contribution in [0.25, 0.3) is 11.6 Å². The van der Waals surface area contributed by atoms with Crippen LogP contribution in [-0.4, -0.2) is 32.5 Å². The molecule has 3 aromatic rings. The molecule has 6 nitrogen and oxygen atoms in total. The van der Waals surface area contributed by atoms with Crippen molar-refractivity contribution < 1.29 is 9.32 Å². The number of rotatable bonds is 4. The van der Waals surface area contributed by atoms with Crippen molar-refractivity contribution in [1.29, 1.82) is 0 Å². The standard InChI is InChI=1S/C19H18N4O2/c1-13(14-7-3-2-4-8-14)23-12-15(11-17(23)24)18-21-19(25-22-18)16-9-5-6-10-20-16/h2-10,13,15H,11-12H2,1H3. The molecule has 0 N–H and O–H groups in total. The first-order chi connectivity index (χ1) is 12.2. The van der Waals surface area contributed by atoms with Crippen LogP contribution in [0.4, 0.5) is 0 Å². The fourth-order valence-electron chi connectivity index (χ4n) is 3.18. The lowest BCUT2D eigenvalue weighted by Crippen LogP contribution is -2.28. The predicted octanol–water partition coefficient (Wildman–Crippen LogP) is 3.21. The summed E-state index contributed by atoms with van der Waals surface area (Å²) in [5, 5.41) is 4.07. The first kappa shape index (κ1) is 15.5. The summed E-state index contributed by atoms with van der Waals surface area (Å²) in [7, 11) is 0. The molecule has 2 atom stereocenters. The van der Waals surface area contributed by atoms with Crippen molar-refractivity contribution in [2.45, 2.75) is 25.3 Å². The van der Waals surface area contributed by atoms with Crippen LogP contribution >= 0.6 is 0 Å². The van der Waals surface area contributed by atoms with Crippen LogP contribution in [0.2, 0.25) is 0 Å². The van der Waals surface area contributed by atoms with Gasteiger partial charge in [0, 0.05) is 25.1 Å². The Morgan fingerprint density at radius 2 is 1.96 bits per heavy atom. The van der Waals surface area contributed by atoms with E-state index < -0.39 is 0 Å². The number of amides is 1. The van der Waals surface area contributed by atoms with E-state index in [-0.39, 0.29) is 17.9 Å². The van der Waals surface area contributed by atoms with Crippen molar-refractivity contribution in [3.05, 3.63) is 66.1 Å². The van der Waals surface area contributed by atoms with Gasteiger partial charge in [0.1, 0.15) is 5.69 Å². The van der Waals surface area contributed by atoms with E-state index in [1.807, 2.05) is 60.4 Å². The van der Waals surface area contributed by atoms with Crippen LogP contribution in [0.5, 0.6) is 0 Å². The zero-order valence-electron chi connectivity index (χ0n) is 13.9. The van der Waals surface area contributed by atoms with E-state index in [2.05, 4.69) is 15.1 Å². The van der Waals surface area contributed by atoms with Gasteiger partial charge >= 0.3 is 0 Å². The van der Waals surface area contributed by atoms with Crippen molar-refractivity contribution in [2.24, 2.45) is 0 Å². The third-order valence-corrected chi connectivity index (χ3v) is 4.60. The van der Waals surface area contributed by atoms with E-state index >= 15 is 0 Å². The van der Waals surface area contributed by atoms with Gasteiger partial charge in [-0.15, -0.1) is 0 Å². The number of nitrogens with zero attached hydrogens (tertiary/aromatic N) is 4. The van der Waals surface area contributed by atoms with Gasteiger partial charge in [0.25, 0.3) is 5.89 Å². The SMILES string of the molecule is CC(c1ccccc1)N1CC(c2noc(-c3ccccn3)n2)CC1=O. The number of hydrogen-bond donors (Lipinski definition) is 0. The van der Waals surface area contributed by atoms with Crippen LogP contribution in [0.3, 0.4) is 0 Å². The Labute approximate surface area is 145 Å². The quantitative estimate of drug-likeness (QED) is 0.732. The number of likely N-dealkylation sites (tertiary alicyclic amines) is 1. The van der Waals surface area contributed by atoms with Gasteiger partial charge in [0.05, 0.1) is 6.04 Å². The number of pyridine rings is 1. The molecule has 0 spiro atoms. The van der Waals surface area contributed by atoms with Crippen LogP contribution in [0.15, 0.2) is 59.3 Å². The largest absolute Gasteiger partial charge is 0.335 e. The Hall–Kier alpha value is -3.02. The molecule has 126 valence electrons. The van der Waals surface area contributed by atoms with Crippen LogP contribution in [0.1, 0.15) is 36.7 Å². The normalized spacial score (nSPS) is 18.5. The summed E-state index contributed by atoms with van der Waals surface area (Å²) in [6.07, 6.45) is 2.08. The van der Waals surface area contributed by atoms with Crippen molar-refractivity contribution in [2.75, 3.05) is 6.54 Å². The molecule has 1 aliphatic rings. The number of aromatic nitrogens is 3. The third-order valence-electron chi connectivity index (χ3n) is 4.60. The molecule has 1 saturated heterocycles. The van der Waals surface area contributed by atoms with Gasteiger partial charge in [-0.1, -0.05) is 41.6 Å². The third kappa shape index (κ3) is 3.03. The Morgan fingerprint density at radius 3 is 2.72 bits per heavy atom. The highest BCUT2D eigenvalue weighted by Gasteiger charge is 2.36. The second kappa shape index (κ2) is 6.47. The molecular formula is C19H18N4O2. The first-order valence-corrected chi connectivity index (χ1v) is 8.32. The van der Waals surface area contributed by atoms with Gasteiger partial charge in [-0.3, -0.25) is 9.78 Å². The minimum Gasteiger partial charge on any atom is -0.335 e. The summed E-state index contributed by atoms with van der Waals surface area (Å²) >= 11 is 0. The highest BCUT2D eigenvalue weighted by molar-refractivity contribution is 5.80. The Balaban J connectivity index is 1.52. The smallest absolute Gasteiger partial charge is 0.276 e. The van der Waals surface area contributed by atoms with Crippen LogP contribution < -0.4 is 0 Å². The molecule has 1 aromatic carbocycles. The Morgan fingerprint density at radius 1 is 1.16 bits per heavy atom. The van der Waals surface area contributed by atoms with Crippen molar-refractivity contribution in [3.8, 4) is 11.6 Å².